The lowest BCUT2D eigenvalue weighted by Gasteiger charge is -1.56. The number of hydrogen-bond donors (Lipinski definition) is 2. The zero-order valence-corrected chi connectivity index (χ0v) is 6.04. The highest BCUT2D eigenvalue weighted by atomic mass is 16.9. The summed E-state index contributed by atoms with van der Waals surface area (Å²) in [5.41, 5.74) is 0. The van der Waals surface area contributed by atoms with Crippen LogP contribution in [0.4, 0.5) is 0 Å². The van der Waals surface area contributed by atoms with Gasteiger partial charge in [-0.3, -0.25) is 0 Å². The molecule has 0 saturated carbocycles. The summed E-state index contributed by atoms with van der Waals surface area (Å²) in [5.74, 6) is 0. The van der Waals surface area contributed by atoms with Crippen molar-refractivity contribution in [3.8, 4) is 0 Å². The van der Waals surface area contributed by atoms with Gasteiger partial charge in [0.2, 0.25) is 0 Å². The Labute approximate surface area is 70.2 Å². The molecule has 0 rings (SSSR count). The van der Waals surface area contributed by atoms with E-state index in [1.807, 2.05) is 6.79 Å². The number of hydrogen-bond acceptors (Lipinski definition) is 5. The number of carbonyl (C=O) groups excluding carboxylic acids is 1. The second kappa shape index (κ2) is 51.1. The molecule has 0 fully saturated rings. The van der Waals surface area contributed by atoms with Crippen molar-refractivity contribution in [1.29, 1.82) is 0 Å². The van der Waals surface area contributed by atoms with Gasteiger partial charge in [0, 0.05) is 0 Å². The molecule has 0 aromatic heterocycles. The largest absolute Gasteiger partial charge is 0.412 e. The third kappa shape index (κ3) is 150. The normalized spacial score (nSPS) is 4.00. The lowest BCUT2D eigenvalue weighted by atomic mass is 11.9. The molecule has 0 aromatic rings. The van der Waals surface area contributed by atoms with Gasteiger partial charge in [-0.2, -0.15) is 0 Å². The maximum Gasteiger partial charge on any atom is 0.291 e. The van der Waals surface area contributed by atoms with Gasteiger partial charge < -0.3 is 31.6 Å². The molecule has 12 nitrogen and oxygen atoms in total. The lowest BCUT2D eigenvalue weighted by molar-refractivity contribution is -0.742. The summed E-state index contributed by atoms with van der Waals surface area (Å²) in [6.07, 6.45) is 0. The Kier molecular flexibility index (Phi) is 174. The summed E-state index contributed by atoms with van der Waals surface area (Å²) in [6.45, 7) is 2.00. The first-order chi connectivity index (χ1) is 4.46. The fraction of sp³-hybridized carbons (Fsp3) is 0. The molecule has 0 aliphatic rings. The first-order valence-electron chi connectivity index (χ1n) is 1.42. The van der Waals surface area contributed by atoms with Crippen molar-refractivity contribution in [1.82, 2.24) is 0 Å². The third-order valence-corrected chi connectivity index (χ3v) is 0. The van der Waals surface area contributed by atoms with E-state index in [4.69, 9.17) is 35.4 Å². The highest BCUT2D eigenvalue weighted by Gasteiger charge is 1.65. The standard InChI is InChI=1S/CH2O.2HNO3.3H2O/c1-2;2*2-1(3)4;;;/h1H2;2*(H,2,3,4);3*1H2. The average molecular weight is 210 g/mol. The molecule has 0 saturated heterocycles. The third-order valence-electron chi connectivity index (χ3n) is 0. The van der Waals surface area contributed by atoms with E-state index in [1.165, 1.54) is 0 Å². The van der Waals surface area contributed by atoms with Crippen molar-refractivity contribution >= 4 is 6.79 Å². The van der Waals surface area contributed by atoms with E-state index in [9.17, 15) is 0 Å². The Hall–Kier alpha value is -2.05. The van der Waals surface area contributed by atoms with Crippen LogP contribution in [0.1, 0.15) is 0 Å². The molecule has 0 aliphatic heterocycles. The predicted molar refractivity (Wildman–Crippen MR) is 35.5 cm³/mol. The number of nitrogens with zero attached hydrogens (tertiary/aromatic N) is 2. The first kappa shape index (κ1) is 44.2. The van der Waals surface area contributed by atoms with Gasteiger partial charge in [-0.25, -0.2) is 0 Å². The first-order valence-corrected chi connectivity index (χ1v) is 1.42. The molecule has 0 bridgehead atoms. The van der Waals surface area contributed by atoms with Gasteiger partial charge in [-0.05, 0) is 0 Å². The number of carbonyl (C=O) groups is 1. The van der Waals surface area contributed by atoms with Gasteiger partial charge in [0.1, 0.15) is 6.79 Å². The molecule has 0 radical (unpaired) electrons. The van der Waals surface area contributed by atoms with E-state index in [0.717, 1.165) is 0 Å². The van der Waals surface area contributed by atoms with Crippen molar-refractivity contribution in [3.63, 3.8) is 0 Å². The summed E-state index contributed by atoms with van der Waals surface area (Å²) in [7, 11) is 0. The molecule has 0 unspecified atom stereocenters. The van der Waals surface area contributed by atoms with Crippen LogP contribution in [0, 0.1) is 20.2 Å². The summed E-state index contributed by atoms with van der Waals surface area (Å²) < 4.78 is 0. The topological polar surface area (TPSA) is 238 Å². The second-order valence-corrected chi connectivity index (χ2v) is 0.476. The molecule has 0 aliphatic carbocycles. The molecule has 8 N–H and O–H groups in total. The summed E-state index contributed by atoms with van der Waals surface area (Å²) >= 11 is 0. The van der Waals surface area contributed by atoms with Crippen molar-refractivity contribution in [2.75, 3.05) is 0 Å². The monoisotopic (exact) mass is 210 g/mol. The summed E-state index contributed by atoms with van der Waals surface area (Å²) in [5, 5.41) is 27.3. The van der Waals surface area contributed by atoms with E-state index >= 15 is 0 Å². The van der Waals surface area contributed by atoms with Gasteiger partial charge in [0.15, 0.2) is 0 Å². The fourth-order valence-electron chi connectivity index (χ4n) is 0. The van der Waals surface area contributed by atoms with Crippen LogP contribution in [0.3, 0.4) is 0 Å². The maximum atomic E-state index is 8.36. The van der Waals surface area contributed by atoms with E-state index in [0.29, 0.717) is 0 Å². The zero-order chi connectivity index (χ0) is 9.15. The van der Waals surface area contributed by atoms with Crippen molar-refractivity contribution < 1.29 is 41.8 Å². The van der Waals surface area contributed by atoms with E-state index in [1.54, 1.807) is 0 Å². The molecular formula is CH10N2O10. The molecule has 0 amide bonds. The van der Waals surface area contributed by atoms with Crippen LogP contribution in [-0.2, 0) is 4.79 Å². The lowest BCUT2D eigenvalue weighted by Crippen LogP contribution is -1.81. The minimum atomic E-state index is -1.50. The Morgan fingerprint density at radius 3 is 0.846 bits per heavy atom. The van der Waals surface area contributed by atoms with Crippen LogP contribution < -0.4 is 0 Å². The maximum absolute atomic E-state index is 8.36. The van der Waals surface area contributed by atoms with E-state index < -0.39 is 10.2 Å². The average Bonchev–Trinajstić information content (AvgIpc) is 1.66. The highest BCUT2D eigenvalue weighted by Crippen LogP contribution is 1.38. The smallest absolute Gasteiger partial charge is 0.291 e. The quantitative estimate of drug-likeness (QED) is 0.303. The van der Waals surface area contributed by atoms with E-state index in [2.05, 4.69) is 0 Å². The van der Waals surface area contributed by atoms with Crippen LogP contribution in [0.2, 0.25) is 0 Å². The highest BCUT2D eigenvalue weighted by molar-refractivity contribution is 5.10. The molecule has 12 heteroatoms. The minimum Gasteiger partial charge on any atom is -0.412 e. The van der Waals surface area contributed by atoms with Crippen LogP contribution in [0.25, 0.3) is 0 Å². The van der Waals surface area contributed by atoms with Crippen molar-refractivity contribution in [2.24, 2.45) is 0 Å². The second-order valence-electron chi connectivity index (χ2n) is 0.476. The molecule has 13 heavy (non-hydrogen) atoms. The van der Waals surface area contributed by atoms with Crippen molar-refractivity contribution in [3.05, 3.63) is 20.2 Å². The van der Waals surface area contributed by atoms with Gasteiger partial charge in [-0.1, -0.05) is 0 Å². The van der Waals surface area contributed by atoms with Crippen LogP contribution in [0.15, 0.2) is 0 Å². The van der Waals surface area contributed by atoms with Crippen molar-refractivity contribution in [2.45, 2.75) is 0 Å². The van der Waals surface area contributed by atoms with Gasteiger partial charge >= 0.3 is 0 Å². The minimum absolute atomic E-state index is 0. The molecule has 0 atom stereocenters. The molecule has 0 aromatic carbocycles. The summed E-state index contributed by atoms with van der Waals surface area (Å²) in [6, 6.07) is 0. The molecule has 84 valence electrons. The number of rotatable bonds is 0. The Morgan fingerprint density at radius 1 is 0.846 bits per heavy atom. The van der Waals surface area contributed by atoms with E-state index in [-0.39, 0.29) is 16.4 Å². The molecule has 0 heterocycles. The Morgan fingerprint density at radius 2 is 0.846 bits per heavy atom. The molecule has 0 spiro atoms. The van der Waals surface area contributed by atoms with Gasteiger partial charge in [0.25, 0.3) is 10.2 Å². The Balaban J connectivity index is -0.0000000133. The SMILES string of the molecule is C=O.O.O.O.O=[N+]([O-])O.O=[N+]([O-])O. The predicted octanol–water partition coefficient (Wildman–Crippen LogP) is -3.35. The van der Waals surface area contributed by atoms with Crippen LogP contribution in [0.5, 0.6) is 0 Å². The van der Waals surface area contributed by atoms with Gasteiger partial charge in [0.05, 0.1) is 0 Å². The van der Waals surface area contributed by atoms with Crippen LogP contribution in [-0.4, -0.2) is 43.8 Å². The summed E-state index contributed by atoms with van der Waals surface area (Å²) in [4.78, 5) is 24.7. The molecular weight excluding hydrogens is 200 g/mol. The fourth-order valence-corrected chi connectivity index (χ4v) is 0. The van der Waals surface area contributed by atoms with Crippen LogP contribution >= 0.6 is 0 Å². The van der Waals surface area contributed by atoms with Gasteiger partial charge in [-0.15, -0.1) is 20.2 Å². The Bertz CT molecular complexity index is 81.1. The zero-order valence-electron chi connectivity index (χ0n) is 6.04.